The highest BCUT2D eigenvalue weighted by molar-refractivity contribution is 6.24. The number of fused-ring (bicyclic) bond motifs is 1. The van der Waals surface area contributed by atoms with Gasteiger partial charge in [0.2, 0.25) is 5.91 Å². The first-order chi connectivity index (χ1) is 17.0. The molecule has 0 bridgehead atoms. The maximum atomic E-state index is 13.0. The van der Waals surface area contributed by atoms with Crippen molar-refractivity contribution in [1.29, 1.82) is 0 Å². The van der Waals surface area contributed by atoms with Crippen LogP contribution in [-0.4, -0.2) is 26.5 Å². The molecule has 3 aromatic carbocycles. The van der Waals surface area contributed by atoms with Crippen LogP contribution in [0.3, 0.4) is 0 Å². The summed E-state index contributed by atoms with van der Waals surface area (Å²) in [5.74, 6) is -0.0761. The van der Waals surface area contributed by atoms with Crippen LogP contribution in [0.1, 0.15) is 36.2 Å². The molecular weight excluding hydrogens is 442 g/mol. The van der Waals surface area contributed by atoms with E-state index in [4.69, 9.17) is 4.99 Å². The van der Waals surface area contributed by atoms with E-state index < -0.39 is 10.8 Å². The summed E-state index contributed by atoms with van der Waals surface area (Å²) in [5, 5.41) is 14.2. The summed E-state index contributed by atoms with van der Waals surface area (Å²) in [7, 11) is 0. The molecule has 0 saturated heterocycles. The number of carbonyl (C=O) groups excluding carboxylic acids is 1. The molecule has 1 unspecified atom stereocenters. The molecule has 4 aromatic rings. The van der Waals surface area contributed by atoms with Gasteiger partial charge < -0.3 is 10.3 Å². The average molecular weight is 466 g/mol. The molecule has 1 aliphatic heterocycles. The highest BCUT2D eigenvalue weighted by atomic mass is 16.6. The second-order valence-electron chi connectivity index (χ2n) is 8.35. The van der Waals surface area contributed by atoms with Gasteiger partial charge >= 0.3 is 0 Å². The van der Waals surface area contributed by atoms with Crippen LogP contribution in [0.4, 0.5) is 17.1 Å². The lowest BCUT2D eigenvalue weighted by atomic mass is 9.90. The standard InChI is InChI=1S/C27H23N5O3/c1-2-6-24-28-16-23(30-24)17-9-11-19(12-10-17)29-26(18-7-4-3-5-8-18)25-21-15-20(32(34)35)13-14-22(21)31-27(25)33/h3-5,7-16,25H,2,6H2,1H3,(H,28,30)(H,31,33). The topological polar surface area (TPSA) is 113 Å². The van der Waals surface area contributed by atoms with Gasteiger partial charge in [-0.25, -0.2) is 4.98 Å². The van der Waals surface area contributed by atoms with Crippen LogP contribution in [0.5, 0.6) is 0 Å². The molecular formula is C27H23N5O3. The first-order valence-electron chi connectivity index (χ1n) is 11.4. The van der Waals surface area contributed by atoms with Crippen molar-refractivity contribution in [2.24, 2.45) is 4.99 Å². The minimum Gasteiger partial charge on any atom is -0.342 e. The number of hydrogen-bond donors (Lipinski definition) is 2. The Bertz CT molecular complexity index is 1420. The van der Waals surface area contributed by atoms with Crippen molar-refractivity contribution in [3.05, 3.63) is 106 Å². The zero-order chi connectivity index (χ0) is 24.4. The van der Waals surface area contributed by atoms with E-state index in [1.165, 1.54) is 12.1 Å². The number of aromatic nitrogens is 2. The number of carbonyl (C=O) groups is 1. The first-order valence-corrected chi connectivity index (χ1v) is 11.4. The quantitative estimate of drug-likeness (QED) is 0.204. The number of aliphatic imine (C=N–C) groups is 1. The summed E-state index contributed by atoms with van der Waals surface area (Å²) >= 11 is 0. The van der Waals surface area contributed by atoms with Crippen molar-refractivity contribution < 1.29 is 9.72 Å². The van der Waals surface area contributed by atoms with E-state index in [0.29, 0.717) is 22.6 Å². The Hall–Kier alpha value is -4.59. The zero-order valence-corrected chi connectivity index (χ0v) is 19.1. The van der Waals surface area contributed by atoms with Gasteiger partial charge in [0.1, 0.15) is 11.7 Å². The van der Waals surface area contributed by atoms with E-state index >= 15 is 0 Å². The number of nitrogens with zero attached hydrogens (tertiary/aromatic N) is 3. The van der Waals surface area contributed by atoms with Crippen LogP contribution in [-0.2, 0) is 11.2 Å². The number of hydrogen-bond acceptors (Lipinski definition) is 5. The Kier molecular flexibility index (Phi) is 5.93. The van der Waals surface area contributed by atoms with Crippen molar-refractivity contribution in [3.63, 3.8) is 0 Å². The molecule has 0 fully saturated rings. The monoisotopic (exact) mass is 465 g/mol. The van der Waals surface area contributed by atoms with Crippen LogP contribution >= 0.6 is 0 Å². The SMILES string of the molecule is CCCc1ncc(-c2ccc(N=C(c3ccccc3)C3C(=O)Nc4ccc([N+](=O)[O-])cc43)cc2)[nH]1. The highest BCUT2D eigenvalue weighted by Crippen LogP contribution is 2.38. The average Bonchev–Trinajstić information content (AvgIpc) is 3.47. The first kappa shape index (κ1) is 22.2. The molecule has 2 heterocycles. The van der Waals surface area contributed by atoms with Crippen molar-refractivity contribution in [2.75, 3.05) is 5.32 Å². The van der Waals surface area contributed by atoms with Gasteiger partial charge in [0, 0.05) is 29.8 Å². The predicted octanol–water partition coefficient (Wildman–Crippen LogP) is 5.79. The maximum absolute atomic E-state index is 13.0. The molecule has 8 heteroatoms. The molecule has 2 N–H and O–H groups in total. The molecule has 35 heavy (non-hydrogen) atoms. The fourth-order valence-corrected chi connectivity index (χ4v) is 4.27. The van der Waals surface area contributed by atoms with Gasteiger partial charge in [-0.05, 0) is 35.7 Å². The van der Waals surface area contributed by atoms with Gasteiger partial charge in [-0.1, -0.05) is 49.4 Å². The Labute approximate surface area is 201 Å². The number of nitrogens with one attached hydrogen (secondary N) is 2. The van der Waals surface area contributed by atoms with Gasteiger partial charge in [-0.15, -0.1) is 0 Å². The lowest BCUT2D eigenvalue weighted by Gasteiger charge is -2.14. The number of imidazole rings is 1. The van der Waals surface area contributed by atoms with Crippen LogP contribution in [0, 0.1) is 10.1 Å². The van der Waals surface area contributed by atoms with Crippen molar-refractivity contribution in [3.8, 4) is 11.3 Å². The summed E-state index contributed by atoms with van der Waals surface area (Å²) in [6.07, 6.45) is 3.74. The number of aromatic amines is 1. The molecule has 0 radical (unpaired) electrons. The predicted molar refractivity (Wildman–Crippen MR) is 135 cm³/mol. The summed E-state index contributed by atoms with van der Waals surface area (Å²) in [6.45, 7) is 2.11. The Morgan fingerprint density at radius 1 is 1.09 bits per heavy atom. The minimum atomic E-state index is -0.767. The zero-order valence-electron chi connectivity index (χ0n) is 19.1. The van der Waals surface area contributed by atoms with E-state index in [-0.39, 0.29) is 11.6 Å². The molecule has 1 atom stereocenters. The van der Waals surface area contributed by atoms with Crippen molar-refractivity contribution >= 4 is 28.7 Å². The molecule has 8 nitrogen and oxygen atoms in total. The van der Waals surface area contributed by atoms with Crippen LogP contribution in [0.15, 0.2) is 84.0 Å². The maximum Gasteiger partial charge on any atom is 0.269 e. The molecule has 1 aromatic heterocycles. The smallest absolute Gasteiger partial charge is 0.269 e. The van der Waals surface area contributed by atoms with Gasteiger partial charge in [0.25, 0.3) is 5.69 Å². The van der Waals surface area contributed by atoms with Crippen LogP contribution in [0.25, 0.3) is 11.3 Å². The number of aryl methyl sites for hydroxylation is 1. The second kappa shape index (κ2) is 9.34. The third-order valence-corrected chi connectivity index (χ3v) is 5.96. The van der Waals surface area contributed by atoms with Crippen LogP contribution in [0.2, 0.25) is 0 Å². The summed E-state index contributed by atoms with van der Waals surface area (Å²) < 4.78 is 0. The Balaban J connectivity index is 1.55. The van der Waals surface area contributed by atoms with E-state index in [1.807, 2.05) is 60.8 Å². The Morgan fingerprint density at radius 2 is 1.86 bits per heavy atom. The minimum absolute atomic E-state index is 0.0657. The van der Waals surface area contributed by atoms with Crippen LogP contribution < -0.4 is 5.32 Å². The molecule has 0 spiro atoms. The number of anilines is 1. The number of nitro groups is 1. The third-order valence-electron chi connectivity index (χ3n) is 5.96. The van der Waals surface area contributed by atoms with E-state index in [0.717, 1.165) is 35.5 Å². The fraction of sp³-hybridized carbons (Fsp3) is 0.148. The molecule has 0 aliphatic carbocycles. The van der Waals surface area contributed by atoms with Gasteiger partial charge in [-0.3, -0.25) is 19.9 Å². The second-order valence-corrected chi connectivity index (χ2v) is 8.35. The van der Waals surface area contributed by atoms with Gasteiger partial charge in [-0.2, -0.15) is 0 Å². The van der Waals surface area contributed by atoms with Gasteiger partial charge in [0.05, 0.1) is 28.2 Å². The Morgan fingerprint density at radius 3 is 2.57 bits per heavy atom. The summed E-state index contributed by atoms with van der Waals surface area (Å²) in [4.78, 5) is 36.6. The fourth-order valence-electron chi connectivity index (χ4n) is 4.27. The third kappa shape index (κ3) is 4.46. The lowest BCUT2D eigenvalue weighted by Crippen LogP contribution is -2.22. The molecule has 0 saturated carbocycles. The molecule has 174 valence electrons. The number of benzene rings is 3. The number of nitro benzene ring substituents is 1. The number of rotatable bonds is 7. The van der Waals surface area contributed by atoms with Crippen molar-refractivity contribution in [1.82, 2.24) is 9.97 Å². The van der Waals surface area contributed by atoms with Crippen molar-refractivity contribution in [2.45, 2.75) is 25.7 Å². The molecule has 1 amide bonds. The number of non-ortho nitro benzene ring substituents is 1. The summed E-state index contributed by atoms with van der Waals surface area (Å²) in [6, 6.07) is 21.5. The van der Waals surface area contributed by atoms with E-state index in [2.05, 4.69) is 22.2 Å². The molecule has 5 rings (SSSR count). The number of H-pyrrole nitrogens is 1. The number of amides is 1. The van der Waals surface area contributed by atoms with E-state index in [1.54, 1.807) is 6.07 Å². The largest absolute Gasteiger partial charge is 0.342 e. The van der Waals surface area contributed by atoms with Gasteiger partial charge in [0.15, 0.2) is 0 Å². The molecule has 1 aliphatic rings. The summed E-state index contributed by atoms with van der Waals surface area (Å²) in [5.41, 5.74) is 4.94. The highest BCUT2D eigenvalue weighted by Gasteiger charge is 2.36. The van der Waals surface area contributed by atoms with E-state index in [9.17, 15) is 14.9 Å². The normalized spacial score (nSPS) is 15.1. The lowest BCUT2D eigenvalue weighted by molar-refractivity contribution is -0.384.